The molecule has 42 heavy (non-hydrogen) atoms. The van der Waals surface area contributed by atoms with E-state index in [1.165, 1.54) is 76.2 Å². The van der Waals surface area contributed by atoms with Crippen LogP contribution in [0.25, 0.3) is 44.2 Å². The molecule has 1 heteroatoms. The van der Waals surface area contributed by atoms with Crippen LogP contribution in [0.1, 0.15) is 22.3 Å². The van der Waals surface area contributed by atoms with Crippen LogP contribution in [0.4, 0.5) is 0 Å². The summed E-state index contributed by atoms with van der Waals surface area (Å²) >= 11 is 1.91. The van der Waals surface area contributed by atoms with Gasteiger partial charge < -0.3 is 0 Å². The number of hydrogen-bond donors (Lipinski definition) is 0. The third kappa shape index (κ3) is 3.20. The van der Waals surface area contributed by atoms with E-state index >= 15 is 0 Å². The van der Waals surface area contributed by atoms with E-state index < -0.39 is 0 Å². The summed E-state index contributed by atoms with van der Waals surface area (Å²) in [4.78, 5) is 2.68. The molecule has 9 rings (SSSR count). The topological polar surface area (TPSA) is 0 Å². The molecule has 0 nitrogen and oxygen atoms in total. The Hall–Kier alpha value is -4.85. The molecule has 0 saturated carbocycles. The second kappa shape index (κ2) is 9.08. The maximum absolute atomic E-state index is 2.44. The van der Waals surface area contributed by atoms with Gasteiger partial charge in [0.1, 0.15) is 0 Å². The molecule has 0 radical (unpaired) electrons. The zero-order chi connectivity index (χ0) is 27.7. The van der Waals surface area contributed by atoms with Crippen molar-refractivity contribution in [2.75, 3.05) is 0 Å². The molecule has 0 amide bonds. The summed E-state index contributed by atoms with van der Waals surface area (Å²) in [5.74, 6) is 0. The van der Waals surface area contributed by atoms with Crippen molar-refractivity contribution in [3.63, 3.8) is 0 Å². The molecule has 7 aromatic rings. The first-order chi connectivity index (χ1) is 20.8. The third-order valence-corrected chi connectivity index (χ3v) is 10.4. The summed E-state index contributed by atoms with van der Waals surface area (Å²) in [6.45, 7) is 0. The van der Waals surface area contributed by atoms with Gasteiger partial charge in [-0.15, -0.1) is 0 Å². The molecule has 0 aromatic heterocycles. The molecular formula is C41H26S. The minimum absolute atomic E-state index is 0.369. The van der Waals surface area contributed by atoms with Crippen molar-refractivity contribution in [2.45, 2.75) is 15.2 Å². The van der Waals surface area contributed by atoms with Gasteiger partial charge in [-0.05, 0) is 73.2 Å². The molecule has 1 aliphatic carbocycles. The zero-order valence-electron chi connectivity index (χ0n) is 22.9. The number of rotatable bonds is 3. The molecule has 0 unspecified atom stereocenters. The van der Waals surface area contributed by atoms with Gasteiger partial charge in [0, 0.05) is 15.2 Å². The quantitative estimate of drug-likeness (QED) is 0.211. The Morgan fingerprint density at radius 2 is 1.00 bits per heavy atom. The summed E-state index contributed by atoms with van der Waals surface area (Å²) in [7, 11) is 0. The minimum atomic E-state index is -0.369. The van der Waals surface area contributed by atoms with Gasteiger partial charge in [0.25, 0.3) is 0 Å². The van der Waals surface area contributed by atoms with Crippen LogP contribution in [-0.4, -0.2) is 0 Å². The van der Waals surface area contributed by atoms with Gasteiger partial charge in [0.15, 0.2) is 0 Å². The molecule has 0 N–H and O–H groups in total. The van der Waals surface area contributed by atoms with Crippen LogP contribution in [0, 0.1) is 0 Å². The number of hydrogen-bond acceptors (Lipinski definition) is 1. The number of benzene rings is 7. The molecule has 0 bridgehead atoms. The smallest absolute Gasteiger partial charge is 0.0713 e. The highest BCUT2D eigenvalue weighted by Gasteiger charge is 2.46. The van der Waals surface area contributed by atoms with E-state index in [0.717, 1.165) is 0 Å². The van der Waals surface area contributed by atoms with Crippen LogP contribution in [0.15, 0.2) is 168 Å². The van der Waals surface area contributed by atoms with Gasteiger partial charge in [0.05, 0.1) is 5.41 Å². The SMILES string of the molecule is c1ccc(C2(c3ccccc3)c3ccccc3-c3cc(-c4cccc5c4Sc4cccc6cccc-5c46)ccc32)cc1. The molecular weight excluding hydrogens is 525 g/mol. The van der Waals surface area contributed by atoms with Crippen molar-refractivity contribution in [3.8, 4) is 33.4 Å². The molecule has 1 aliphatic heterocycles. The fourth-order valence-electron chi connectivity index (χ4n) is 7.43. The predicted octanol–water partition coefficient (Wildman–Crippen LogP) is 11.0. The van der Waals surface area contributed by atoms with Gasteiger partial charge in [-0.25, -0.2) is 0 Å². The van der Waals surface area contributed by atoms with Crippen molar-refractivity contribution in [1.29, 1.82) is 0 Å². The maximum Gasteiger partial charge on any atom is 0.0713 e. The van der Waals surface area contributed by atoms with Crippen molar-refractivity contribution < 1.29 is 0 Å². The summed E-state index contributed by atoms with van der Waals surface area (Å²) in [6.07, 6.45) is 0. The Morgan fingerprint density at radius 3 is 1.79 bits per heavy atom. The molecule has 2 aliphatic rings. The van der Waals surface area contributed by atoms with E-state index in [-0.39, 0.29) is 5.41 Å². The summed E-state index contributed by atoms with van der Waals surface area (Å²) in [6, 6.07) is 58.4. The molecule has 0 saturated heterocycles. The van der Waals surface area contributed by atoms with Gasteiger partial charge in [-0.3, -0.25) is 0 Å². The lowest BCUT2D eigenvalue weighted by Gasteiger charge is -2.34. The maximum atomic E-state index is 2.44. The second-order valence-corrected chi connectivity index (χ2v) is 12.3. The van der Waals surface area contributed by atoms with E-state index in [1.807, 2.05) is 11.8 Å². The number of fused-ring (bicyclic) bond motifs is 5. The van der Waals surface area contributed by atoms with Crippen molar-refractivity contribution in [3.05, 3.63) is 180 Å². The monoisotopic (exact) mass is 550 g/mol. The average molecular weight is 551 g/mol. The van der Waals surface area contributed by atoms with E-state index in [1.54, 1.807) is 0 Å². The van der Waals surface area contributed by atoms with Crippen LogP contribution in [0.3, 0.4) is 0 Å². The Balaban J connectivity index is 1.30. The Bertz CT molecular complexity index is 2110. The van der Waals surface area contributed by atoms with Crippen LogP contribution in [0.2, 0.25) is 0 Å². The Kier molecular flexibility index (Phi) is 5.15. The fourth-order valence-corrected chi connectivity index (χ4v) is 8.71. The molecule has 196 valence electrons. The summed E-state index contributed by atoms with van der Waals surface area (Å²) < 4.78 is 0. The minimum Gasteiger partial charge on any atom is -0.0881 e. The average Bonchev–Trinajstić information content (AvgIpc) is 3.36. The van der Waals surface area contributed by atoms with Crippen molar-refractivity contribution in [2.24, 2.45) is 0 Å². The molecule has 7 aromatic carbocycles. The largest absolute Gasteiger partial charge is 0.0881 e. The van der Waals surface area contributed by atoms with Crippen LogP contribution in [-0.2, 0) is 5.41 Å². The highest BCUT2D eigenvalue weighted by atomic mass is 32.2. The highest BCUT2D eigenvalue weighted by Crippen LogP contribution is 2.57. The Morgan fingerprint density at radius 1 is 0.405 bits per heavy atom. The standard InChI is InChI=1S/C41H26S/c1-3-14-29(15-4-1)41(30-16-5-2-6-17-30)36-22-8-7-18-32(36)35-26-28(24-25-37(35)41)31-19-11-21-34-33-20-9-12-27-13-10-23-38(39(27)33)42-40(31)34/h1-26H. The summed E-state index contributed by atoms with van der Waals surface area (Å²) in [5.41, 5.74) is 12.8. The lowest BCUT2D eigenvalue weighted by atomic mass is 9.67. The van der Waals surface area contributed by atoms with E-state index in [0.29, 0.717) is 0 Å². The predicted molar refractivity (Wildman–Crippen MR) is 176 cm³/mol. The van der Waals surface area contributed by atoms with Gasteiger partial charge in [-0.2, -0.15) is 0 Å². The van der Waals surface area contributed by atoms with Crippen molar-refractivity contribution in [1.82, 2.24) is 0 Å². The van der Waals surface area contributed by atoms with Crippen LogP contribution < -0.4 is 0 Å². The summed E-state index contributed by atoms with van der Waals surface area (Å²) in [5, 5.41) is 2.67. The Labute approximate surface area is 250 Å². The van der Waals surface area contributed by atoms with Gasteiger partial charge in [-0.1, -0.05) is 157 Å². The van der Waals surface area contributed by atoms with Crippen molar-refractivity contribution >= 4 is 22.5 Å². The molecule has 0 fully saturated rings. The first kappa shape index (κ1) is 23.8. The van der Waals surface area contributed by atoms with E-state index in [2.05, 4.69) is 158 Å². The highest BCUT2D eigenvalue weighted by molar-refractivity contribution is 8.00. The fraction of sp³-hybridized carbons (Fsp3) is 0.0244. The van der Waals surface area contributed by atoms with Crippen LogP contribution in [0.5, 0.6) is 0 Å². The van der Waals surface area contributed by atoms with Crippen LogP contribution >= 0.6 is 11.8 Å². The lowest BCUT2D eigenvalue weighted by molar-refractivity contribution is 0.768. The first-order valence-corrected chi connectivity index (χ1v) is 15.3. The second-order valence-electron chi connectivity index (χ2n) is 11.2. The van der Waals surface area contributed by atoms with Gasteiger partial charge >= 0.3 is 0 Å². The molecule has 0 spiro atoms. The van der Waals surface area contributed by atoms with Gasteiger partial charge in [0.2, 0.25) is 0 Å². The lowest BCUT2D eigenvalue weighted by Crippen LogP contribution is -2.28. The third-order valence-electron chi connectivity index (χ3n) is 9.15. The first-order valence-electron chi connectivity index (χ1n) is 14.5. The normalized spacial score (nSPS) is 13.8. The van der Waals surface area contributed by atoms with E-state index in [4.69, 9.17) is 0 Å². The zero-order valence-corrected chi connectivity index (χ0v) is 23.7. The van der Waals surface area contributed by atoms with E-state index in [9.17, 15) is 0 Å². The molecule has 1 heterocycles. The molecule has 0 atom stereocenters.